The molecular formula is C22H22N4O2. The van der Waals surface area contributed by atoms with Crippen molar-refractivity contribution in [1.82, 2.24) is 10.2 Å². The molecule has 2 rings (SSSR count). The molecule has 0 aromatic heterocycles. The van der Waals surface area contributed by atoms with Crippen LogP contribution in [0, 0.1) is 22.7 Å². The summed E-state index contributed by atoms with van der Waals surface area (Å²) in [4.78, 5) is 26.9. The zero-order valence-corrected chi connectivity index (χ0v) is 15.5. The number of carbonyl (C=O) groups excluding carboxylic acids is 2. The summed E-state index contributed by atoms with van der Waals surface area (Å²) in [6, 6.07) is 21.6. The van der Waals surface area contributed by atoms with Gasteiger partial charge >= 0.3 is 0 Å². The number of nitrogens with zero attached hydrogens (tertiary/aromatic N) is 3. The highest BCUT2D eigenvalue weighted by atomic mass is 16.2. The quantitative estimate of drug-likeness (QED) is 0.729. The first-order valence-corrected chi connectivity index (χ1v) is 9.08. The van der Waals surface area contributed by atoms with Gasteiger partial charge in [0.1, 0.15) is 0 Å². The number of nitriles is 2. The number of carbonyl (C=O) groups is 2. The van der Waals surface area contributed by atoms with Crippen LogP contribution in [-0.2, 0) is 4.79 Å². The molecule has 2 aromatic rings. The predicted octanol–water partition coefficient (Wildman–Crippen LogP) is 3.20. The topological polar surface area (TPSA) is 97.0 Å². The van der Waals surface area contributed by atoms with Crippen molar-refractivity contribution in [3.05, 3.63) is 71.8 Å². The number of rotatable bonds is 9. The van der Waals surface area contributed by atoms with Gasteiger partial charge in [0.2, 0.25) is 5.91 Å². The van der Waals surface area contributed by atoms with Crippen LogP contribution in [0.2, 0.25) is 0 Å². The van der Waals surface area contributed by atoms with E-state index in [2.05, 4.69) is 5.32 Å². The molecule has 28 heavy (non-hydrogen) atoms. The number of benzene rings is 2. The Morgan fingerprint density at radius 2 is 1.43 bits per heavy atom. The van der Waals surface area contributed by atoms with Gasteiger partial charge in [-0.1, -0.05) is 48.5 Å². The van der Waals surface area contributed by atoms with E-state index in [1.807, 2.05) is 48.5 Å². The maximum absolute atomic E-state index is 12.8. The van der Waals surface area contributed by atoms with Gasteiger partial charge in [0.05, 0.1) is 37.4 Å². The average molecular weight is 374 g/mol. The zero-order valence-electron chi connectivity index (χ0n) is 15.5. The average Bonchev–Trinajstić information content (AvgIpc) is 2.74. The van der Waals surface area contributed by atoms with E-state index >= 15 is 0 Å². The first kappa shape index (κ1) is 20.7. The van der Waals surface area contributed by atoms with Crippen LogP contribution in [0.1, 0.15) is 41.2 Å². The molecule has 1 atom stereocenters. The van der Waals surface area contributed by atoms with Crippen LogP contribution < -0.4 is 5.32 Å². The van der Waals surface area contributed by atoms with Gasteiger partial charge in [-0.3, -0.25) is 9.59 Å². The lowest BCUT2D eigenvalue weighted by Gasteiger charge is -2.25. The largest absolute Gasteiger partial charge is 0.345 e. The monoisotopic (exact) mass is 374 g/mol. The SMILES string of the molecule is N#CCCN(CCC#N)C(=O)CC(NC(=O)c1ccccc1)c1ccccc1. The van der Waals surface area contributed by atoms with Gasteiger partial charge in [-0.25, -0.2) is 0 Å². The minimum atomic E-state index is -0.506. The minimum absolute atomic E-state index is 0.0550. The van der Waals surface area contributed by atoms with Gasteiger partial charge in [0, 0.05) is 18.7 Å². The fourth-order valence-electron chi connectivity index (χ4n) is 2.80. The van der Waals surface area contributed by atoms with Gasteiger partial charge < -0.3 is 10.2 Å². The van der Waals surface area contributed by atoms with Gasteiger partial charge in [-0.15, -0.1) is 0 Å². The van der Waals surface area contributed by atoms with Crippen LogP contribution in [0.25, 0.3) is 0 Å². The summed E-state index contributed by atoms with van der Waals surface area (Å²) in [5.74, 6) is -0.462. The summed E-state index contributed by atoms with van der Waals surface area (Å²) in [5, 5.41) is 20.6. The van der Waals surface area contributed by atoms with Crippen LogP contribution in [0.3, 0.4) is 0 Å². The smallest absolute Gasteiger partial charge is 0.251 e. The fourth-order valence-corrected chi connectivity index (χ4v) is 2.80. The van der Waals surface area contributed by atoms with E-state index in [1.54, 1.807) is 24.3 Å². The van der Waals surface area contributed by atoms with Gasteiger partial charge in [-0.05, 0) is 17.7 Å². The van der Waals surface area contributed by atoms with Crippen molar-refractivity contribution >= 4 is 11.8 Å². The second-order valence-electron chi connectivity index (χ2n) is 6.20. The molecule has 0 aliphatic carbocycles. The third-order valence-corrected chi connectivity index (χ3v) is 4.26. The Labute approximate surface area is 165 Å². The number of amides is 2. The lowest BCUT2D eigenvalue weighted by atomic mass is 10.0. The maximum Gasteiger partial charge on any atom is 0.251 e. The third kappa shape index (κ3) is 6.26. The summed E-state index contributed by atoms with van der Waals surface area (Å²) in [6.45, 7) is 0.538. The molecule has 2 aromatic carbocycles. The molecule has 1 unspecified atom stereocenters. The summed E-state index contributed by atoms with van der Waals surface area (Å²) >= 11 is 0. The highest BCUT2D eigenvalue weighted by Gasteiger charge is 2.22. The maximum atomic E-state index is 12.8. The Hall–Kier alpha value is -3.64. The van der Waals surface area contributed by atoms with Crippen molar-refractivity contribution < 1.29 is 9.59 Å². The third-order valence-electron chi connectivity index (χ3n) is 4.26. The zero-order chi connectivity index (χ0) is 20.2. The highest BCUT2D eigenvalue weighted by molar-refractivity contribution is 5.94. The Morgan fingerprint density at radius 1 is 0.893 bits per heavy atom. The lowest BCUT2D eigenvalue weighted by molar-refractivity contribution is -0.131. The van der Waals surface area contributed by atoms with E-state index in [9.17, 15) is 9.59 Å². The van der Waals surface area contributed by atoms with Crippen LogP contribution in [0.15, 0.2) is 60.7 Å². The summed E-state index contributed by atoms with van der Waals surface area (Å²) in [7, 11) is 0. The molecule has 142 valence electrons. The predicted molar refractivity (Wildman–Crippen MR) is 105 cm³/mol. The Balaban J connectivity index is 2.17. The van der Waals surface area contributed by atoms with Crippen molar-refractivity contribution in [1.29, 1.82) is 10.5 Å². The molecule has 0 spiro atoms. The van der Waals surface area contributed by atoms with Crippen molar-refractivity contribution in [3.63, 3.8) is 0 Å². The molecule has 0 bridgehead atoms. The Bertz CT molecular complexity index is 836. The molecule has 0 saturated heterocycles. The molecule has 0 aliphatic rings. The van der Waals surface area contributed by atoms with E-state index in [-0.39, 0.29) is 44.2 Å². The highest BCUT2D eigenvalue weighted by Crippen LogP contribution is 2.19. The number of nitrogens with one attached hydrogen (secondary N) is 1. The second-order valence-corrected chi connectivity index (χ2v) is 6.20. The molecule has 6 heteroatoms. The molecule has 0 aliphatic heterocycles. The standard InChI is InChI=1S/C22H22N4O2/c23-13-7-15-26(16-8-14-24)21(27)17-20(18-9-3-1-4-10-18)25-22(28)19-11-5-2-6-12-19/h1-6,9-12,20H,7-8,15-17H2,(H,25,28). The van der Waals surface area contributed by atoms with E-state index < -0.39 is 6.04 Å². The molecular weight excluding hydrogens is 352 g/mol. The summed E-state index contributed by atoms with van der Waals surface area (Å²) in [6.07, 6.45) is 0.451. The minimum Gasteiger partial charge on any atom is -0.345 e. The van der Waals surface area contributed by atoms with Crippen molar-refractivity contribution in [2.45, 2.75) is 25.3 Å². The van der Waals surface area contributed by atoms with E-state index in [4.69, 9.17) is 10.5 Å². The summed E-state index contributed by atoms with van der Waals surface area (Å²) < 4.78 is 0. The van der Waals surface area contributed by atoms with E-state index in [1.165, 1.54) is 4.90 Å². The van der Waals surface area contributed by atoms with Crippen molar-refractivity contribution in [3.8, 4) is 12.1 Å². The first-order chi connectivity index (χ1) is 13.7. The van der Waals surface area contributed by atoms with Crippen LogP contribution in [0.5, 0.6) is 0 Å². The van der Waals surface area contributed by atoms with E-state index in [0.29, 0.717) is 5.56 Å². The second kappa shape index (κ2) is 11.2. The van der Waals surface area contributed by atoms with Gasteiger partial charge in [0.25, 0.3) is 5.91 Å². The number of hydrogen-bond donors (Lipinski definition) is 1. The molecule has 2 amide bonds. The summed E-state index contributed by atoms with van der Waals surface area (Å²) in [5.41, 5.74) is 1.34. The van der Waals surface area contributed by atoms with Crippen LogP contribution in [-0.4, -0.2) is 29.8 Å². The normalized spacial score (nSPS) is 10.9. The van der Waals surface area contributed by atoms with Gasteiger partial charge in [0.15, 0.2) is 0 Å². The van der Waals surface area contributed by atoms with Crippen LogP contribution >= 0.6 is 0 Å². The molecule has 6 nitrogen and oxygen atoms in total. The Morgan fingerprint density at radius 3 is 1.96 bits per heavy atom. The number of hydrogen-bond acceptors (Lipinski definition) is 4. The van der Waals surface area contributed by atoms with Crippen molar-refractivity contribution in [2.24, 2.45) is 0 Å². The molecule has 1 N–H and O–H groups in total. The van der Waals surface area contributed by atoms with Crippen molar-refractivity contribution in [2.75, 3.05) is 13.1 Å². The lowest BCUT2D eigenvalue weighted by Crippen LogP contribution is -2.37. The molecule has 0 heterocycles. The van der Waals surface area contributed by atoms with Gasteiger partial charge in [-0.2, -0.15) is 10.5 Å². The van der Waals surface area contributed by atoms with Crippen LogP contribution in [0.4, 0.5) is 0 Å². The molecule has 0 saturated carbocycles. The first-order valence-electron chi connectivity index (χ1n) is 9.08. The molecule has 0 radical (unpaired) electrons. The Kier molecular flexibility index (Phi) is 8.23. The van der Waals surface area contributed by atoms with E-state index in [0.717, 1.165) is 5.56 Å². The molecule has 0 fully saturated rings. The fraction of sp³-hybridized carbons (Fsp3) is 0.273.